The second-order valence-corrected chi connectivity index (χ2v) is 13.8. The Morgan fingerprint density at radius 1 is 0.580 bits per heavy atom. The van der Waals surface area contributed by atoms with E-state index in [4.69, 9.17) is 10.2 Å². The molecule has 2 N–H and O–H groups in total. The molecule has 7 aromatic carbocycles. The number of rotatable bonds is 3. The molecule has 0 amide bonds. The van der Waals surface area contributed by atoms with Gasteiger partial charge >= 0.3 is 0 Å². The first-order chi connectivity index (χ1) is 24.7. The van der Waals surface area contributed by atoms with Gasteiger partial charge < -0.3 is 19.3 Å². The van der Waals surface area contributed by atoms with E-state index in [0.29, 0.717) is 0 Å². The minimum absolute atomic E-state index is 0.115. The summed E-state index contributed by atoms with van der Waals surface area (Å²) in [7, 11) is 0. The average Bonchev–Trinajstić information content (AvgIpc) is 3.82. The topological polar surface area (TPSA) is 49.0 Å². The highest BCUT2D eigenvalue weighted by Crippen LogP contribution is 2.45. The van der Waals surface area contributed by atoms with Crippen molar-refractivity contribution in [3.8, 4) is 11.4 Å². The zero-order chi connectivity index (χ0) is 33.1. The number of nitrogens with two attached hydrogens (primary N) is 1. The number of aromatic nitrogens is 2. The molecular formula is C46H33N3O. The van der Waals surface area contributed by atoms with E-state index < -0.39 is 0 Å². The van der Waals surface area contributed by atoms with Crippen LogP contribution < -0.4 is 5.73 Å². The van der Waals surface area contributed by atoms with Gasteiger partial charge in [0.15, 0.2) is 5.58 Å². The molecule has 1 aliphatic carbocycles. The van der Waals surface area contributed by atoms with Gasteiger partial charge in [-0.1, -0.05) is 115 Å². The smallest absolute Gasteiger partial charge is 0.159 e. The van der Waals surface area contributed by atoms with Crippen LogP contribution in [-0.2, 0) is 6.42 Å². The number of benzene rings is 7. The minimum Gasteiger partial charge on any atom is -0.458 e. The van der Waals surface area contributed by atoms with Crippen LogP contribution in [0, 0.1) is 0 Å². The molecule has 1 atom stereocenters. The van der Waals surface area contributed by atoms with Crippen LogP contribution in [0.15, 0.2) is 144 Å². The number of hydrogen-bond donors (Lipinski definition) is 1. The third kappa shape index (κ3) is 3.69. The molecule has 0 saturated heterocycles. The number of aryl methyl sites for hydroxylation is 1. The van der Waals surface area contributed by atoms with Crippen molar-refractivity contribution in [2.45, 2.75) is 25.8 Å². The van der Waals surface area contributed by atoms with Gasteiger partial charge in [0.2, 0.25) is 0 Å². The van der Waals surface area contributed by atoms with Crippen molar-refractivity contribution >= 4 is 81.7 Å². The molecule has 3 aromatic heterocycles. The van der Waals surface area contributed by atoms with Crippen LogP contribution in [0.2, 0.25) is 0 Å². The van der Waals surface area contributed by atoms with Gasteiger partial charge in [0.25, 0.3) is 0 Å². The first-order valence-electron chi connectivity index (χ1n) is 17.5. The maximum absolute atomic E-state index is 7.03. The molecule has 4 nitrogen and oxygen atoms in total. The van der Waals surface area contributed by atoms with Crippen LogP contribution in [0.3, 0.4) is 0 Å². The summed E-state index contributed by atoms with van der Waals surface area (Å²) in [5.74, 6) is 1.02. The van der Waals surface area contributed by atoms with E-state index in [1.54, 1.807) is 0 Å². The van der Waals surface area contributed by atoms with Crippen LogP contribution in [-0.4, -0.2) is 15.2 Å². The number of para-hydroxylation sites is 2. The van der Waals surface area contributed by atoms with Gasteiger partial charge in [-0.25, -0.2) is 0 Å². The van der Waals surface area contributed by atoms with Gasteiger partial charge in [0.1, 0.15) is 5.76 Å². The summed E-state index contributed by atoms with van der Waals surface area (Å²) >= 11 is 0. The molecule has 1 aliphatic rings. The summed E-state index contributed by atoms with van der Waals surface area (Å²) in [5.41, 5.74) is 16.8. The van der Waals surface area contributed by atoms with Gasteiger partial charge in [-0.3, -0.25) is 0 Å². The Hall–Kier alpha value is -6.10. The number of hydrogen-bond acceptors (Lipinski definition) is 2. The van der Waals surface area contributed by atoms with Crippen molar-refractivity contribution in [3.63, 3.8) is 0 Å². The first-order valence-corrected chi connectivity index (χ1v) is 17.5. The van der Waals surface area contributed by atoms with Crippen molar-refractivity contribution in [1.29, 1.82) is 0 Å². The second kappa shape index (κ2) is 10.2. The quantitative estimate of drug-likeness (QED) is 0.208. The molecule has 10 aromatic rings. The van der Waals surface area contributed by atoms with Crippen molar-refractivity contribution in [2.24, 2.45) is 5.73 Å². The molecule has 50 heavy (non-hydrogen) atoms. The molecule has 11 rings (SSSR count). The lowest BCUT2D eigenvalue weighted by atomic mass is 9.90. The Balaban J connectivity index is 1.37. The molecule has 1 unspecified atom stereocenters. The first kappa shape index (κ1) is 27.8. The molecule has 0 bridgehead atoms. The molecule has 0 saturated carbocycles. The van der Waals surface area contributed by atoms with Crippen LogP contribution in [0.4, 0.5) is 0 Å². The third-order valence-corrected chi connectivity index (χ3v) is 11.0. The standard InChI is InChI=1S/C46H33N3O/c1-27(47)31-17-10-20-42-43(31)38-25-30(48-39-18-8-6-15-34(39)36-23-21-28-11-2-4-13-32(28)44(36)48)26-41(46(38)50-42)49-40-19-9-7-16-35(40)37-24-22-29-12-3-5-14-33(29)45(37)49/h2-9,11-19,21-27H,10,20,47H2,1H3. The Bertz CT molecular complexity index is 3080. The molecule has 0 radical (unpaired) electrons. The van der Waals surface area contributed by atoms with E-state index in [1.165, 1.54) is 59.6 Å². The van der Waals surface area contributed by atoms with Crippen LogP contribution in [0.25, 0.3) is 93.1 Å². The summed E-state index contributed by atoms with van der Waals surface area (Å²) in [5, 5.41) is 10.9. The largest absolute Gasteiger partial charge is 0.458 e. The minimum atomic E-state index is -0.115. The lowest BCUT2D eigenvalue weighted by molar-refractivity contribution is 0.543. The summed E-state index contributed by atoms with van der Waals surface area (Å²) in [4.78, 5) is 0. The molecule has 0 spiro atoms. The van der Waals surface area contributed by atoms with E-state index in [9.17, 15) is 0 Å². The Kier molecular flexibility index (Phi) is 5.68. The average molecular weight is 644 g/mol. The summed E-state index contributed by atoms with van der Waals surface area (Å²) in [6.45, 7) is 2.09. The monoisotopic (exact) mass is 643 g/mol. The highest BCUT2D eigenvalue weighted by Gasteiger charge is 2.28. The van der Waals surface area contributed by atoms with Gasteiger partial charge in [0, 0.05) is 61.4 Å². The van der Waals surface area contributed by atoms with Gasteiger partial charge in [-0.2, -0.15) is 0 Å². The molecule has 0 aliphatic heterocycles. The van der Waals surface area contributed by atoms with Gasteiger partial charge in [0.05, 0.1) is 27.8 Å². The molecular weight excluding hydrogens is 611 g/mol. The lowest BCUT2D eigenvalue weighted by Crippen LogP contribution is -2.19. The Morgan fingerprint density at radius 2 is 1.14 bits per heavy atom. The fourth-order valence-electron chi connectivity index (χ4n) is 8.86. The normalized spacial score (nSPS) is 14.1. The summed E-state index contributed by atoms with van der Waals surface area (Å²) < 4.78 is 12.0. The predicted octanol–water partition coefficient (Wildman–Crippen LogP) is 11.6. The molecule has 3 heterocycles. The third-order valence-electron chi connectivity index (χ3n) is 11.0. The fraction of sp³-hybridized carbons (Fsp3) is 0.0870. The highest BCUT2D eigenvalue weighted by molar-refractivity contribution is 6.21. The van der Waals surface area contributed by atoms with Crippen molar-refractivity contribution in [3.05, 3.63) is 151 Å². The second-order valence-electron chi connectivity index (χ2n) is 13.8. The molecule has 238 valence electrons. The van der Waals surface area contributed by atoms with E-state index in [2.05, 4.69) is 156 Å². The van der Waals surface area contributed by atoms with Crippen molar-refractivity contribution < 1.29 is 4.42 Å². The number of allylic oxidation sites excluding steroid dienone is 1. The predicted molar refractivity (Wildman–Crippen MR) is 210 cm³/mol. The van der Waals surface area contributed by atoms with Crippen LogP contribution >= 0.6 is 0 Å². The van der Waals surface area contributed by atoms with E-state index >= 15 is 0 Å². The van der Waals surface area contributed by atoms with Gasteiger partial charge in [-0.05, 0) is 54.0 Å². The van der Waals surface area contributed by atoms with E-state index in [1.807, 2.05) is 0 Å². The number of furan rings is 1. The SMILES string of the molecule is CC(N)C1=CCCc2oc3c(-n4c5ccccc5c5ccc6ccccc6c54)cc(-n4c5ccccc5c5ccc6ccccc6c54)cc3c21. The van der Waals surface area contributed by atoms with E-state index in [0.717, 1.165) is 57.6 Å². The molecule has 0 fully saturated rings. The maximum atomic E-state index is 7.03. The van der Waals surface area contributed by atoms with Crippen LogP contribution in [0.1, 0.15) is 24.7 Å². The lowest BCUT2D eigenvalue weighted by Gasteiger charge is -2.17. The highest BCUT2D eigenvalue weighted by atomic mass is 16.3. The Labute approximate surface area is 288 Å². The summed E-state index contributed by atoms with van der Waals surface area (Å²) in [6, 6.07) is 48.7. The fourth-order valence-corrected chi connectivity index (χ4v) is 8.86. The van der Waals surface area contributed by atoms with Crippen molar-refractivity contribution in [1.82, 2.24) is 9.13 Å². The maximum Gasteiger partial charge on any atom is 0.159 e. The van der Waals surface area contributed by atoms with E-state index in [-0.39, 0.29) is 6.04 Å². The summed E-state index contributed by atoms with van der Waals surface area (Å²) in [6.07, 6.45) is 4.09. The van der Waals surface area contributed by atoms with Crippen LogP contribution in [0.5, 0.6) is 0 Å². The number of fused-ring (bicyclic) bond motifs is 13. The zero-order valence-electron chi connectivity index (χ0n) is 27.7. The van der Waals surface area contributed by atoms with Crippen molar-refractivity contribution in [2.75, 3.05) is 0 Å². The zero-order valence-corrected chi connectivity index (χ0v) is 27.7. The number of nitrogens with zero attached hydrogens (tertiary/aromatic N) is 2. The molecule has 4 heteroatoms. The Morgan fingerprint density at radius 3 is 1.78 bits per heavy atom. The van der Waals surface area contributed by atoms with Gasteiger partial charge in [-0.15, -0.1) is 0 Å².